The number of primary amides is 1. The summed E-state index contributed by atoms with van der Waals surface area (Å²) in [5.74, 6) is -0.913. The number of nitrogens with one attached hydrogen (secondary N) is 2. The van der Waals surface area contributed by atoms with Crippen LogP contribution in [-0.4, -0.2) is 27.3 Å². The van der Waals surface area contributed by atoms with Crippen LogP contribution in [0, 0.1) is 6.92 Å². The Hall–Kier alpha value is -3.85. The van der Waals surface area contributed by atoms with E-state index in [1.165, 1.54) is 49.6 Å². The number of amides is 2. The van der Waals surface area contributed by atoms with Crippen LogP contribution in [-0.2, 0) is 10.0 Å². The summed E-state index contributed by atoms with van der Waals surface area (Å²) in [7, 11) is -2.49. The zero-order valence-corrected chi connectivity index (χ0v) is 17.7. The molecule has 0 saturated heterocycles. The molecule has 0 radical (unpaired) electrons. The van der Waals surface area contributed by atoms with Crippen LogP contribution in [0.25, 0.3) is 0 Å². The van der Waals surface area contributed by atoms with E-state index in [-0.39, 0.29) is 21.7 Å². The molecular weight excluding hydrogens is 418 g/mol. The van der Waals surface area contributed by atoms with E-state index in [0.29, 0.717) is 11.4 Å². The molecule has 0 saturated carbocycles. The van der Waals surface area contributed by atoms with Crippen LogP contribution in [0.5, 0.6) is 5.75 Å². The van der Waals surface area contributed by atoms with E-state index in [1.807, 2.05) is 6.92 Å². The molecule has 2 amide bonds. The normalized spacial score (nSPS) is 10.9. The van der Waals surface area contributed by atoms with Crippen LogP contribution in [0.15, 0.2) is 71.6 Å². The standard InChI is InChI=1S/C22H21N3O5S/c1-14-6-9-17(10-7-14)25-31(28,29)18-5-3-4-16(12-18)22(27)24-19-13-15(21(23)26)8-11-20(19)30-2/h3-13,25H,1-2H3,(H2,23,26)(H,24,27). The first-order valence-corrected chi connectivity index (χ1v) is 10.7. The van der Waals surface area contributed by atoms with Crippen molar-refractivity contribution < 1.29 is 22.7 Å². The third-order valence-electron chi connectivity index (χ3n) is 4.44. The number of benzene rings is 3. The van der Waals surface area contributed by atoms with E-state index in [0.717, 1.165) is 5.56 Å². The largest absolute Gasteiger partial charge is 0.495 e. The topological polar surface area (TPSA) is 128 Å². The van der Waals surface area contributed by atoms with Crippen molar-refractivity contribution in [2.24, 2.45) is 5.73 Å². The van der Waals surface area contributed by atoms with Crippen molar-refractivity contribution in [2.45, 2.75) is 11.8 Å². The number of methoxy groups -OCH3 is 1. The lowest BCUT2D eigenvalue weighted by atomic mass is 10.1. The fourth-order valence-electron chi connectivity index (χ4n) is 2.79. The molecule has 0 aliphatic carbocycles. The summed E-state index contributed by atoms with van der Waals surface area (Å²) in [6.45, 7) is 1.90. The molecule has 8 nitrogen and oxygen atoms in total. The monoisotopic (exact) mass is 439 g/mol. The van der Waals surface area contributed by atoms with Crippen molar-refractivity contribution in [1.82, 2.24) is 0 Å². The molecule has 0 aromatic heterocycles. The molecule has 0 aliphatic heterocycles. The number of ether oxygens (including phenoxy) is 1. The Kier molecular flexibility index (Phi) is 6.26. The van der Waals surface area contributed by atoms with Gasteiger partial charge in [-0.25, -0.2) is 8.42 Å². The smallest absolute Gasteiger partial charge is 0.261 e. The van der Waals surface area contributed by atoms with Gasteiger partial charge in [-0.1, -0.05) is 23.8 Å². The third kappa shape index (κ3) is 5.20. The number of nitrogens with two attached hydrogens (primary N) is 1. The van der Waals surface area contributed by atoms with Gasteiger partial charge in [0, 0.05) is 16.8 Å². The van der Waals surface area contributed by atoms with Crippen LogP contribution in [0.3, 0.4) is 0 Å². The first-order valence-electron chi connectivity index (χ1n) is 9.18. The van der Waals surface area contributed by atoms with Crippen molar-refractivity contribution in [3.05, 3.63) is 83.4 Å². The van der Waals surface area contributed by atoms with Gasteiger partial charge in [-0.3, -0.25) is 14.3 Å². The van der Waals surface area contributed by atoms with Gasteiger partial charge in [0.1, 0.15) is 5.75 Å². The molecule has 0 atom stereocenters. The van der Waals surface area contributed by atoms with Gasteiger partial charge in [0.2, 0.25) is 5.91 Å². The SMILES string of the molecule is COc1ccc(C(N)=O)cc1NC(=O)c1cccc(S(=O)(=O)Nc2ccc(C)cc2)c1. The Morgan fingerprint density at radius 2 is 1.65 bits per heavy atom. The number of hydrogen-bond donors (Lipinski definition) is 3. The number of anilines is 2. The molecule has 9 heteroatoms. The van der Waals surface area contributed by atoms with E-state index in [4.69, 9.17) is 10.5 Å². The average molecular weight is 439 g/mol. The summed E-state index contributed by atoms with van der Waals surface area (Å²) in [6, 6.07) is 16.8. The highest BCUT2D eigenvalue weighted by Crippen LogP contribution is 2.26. The second kappa shape index (κ2) is 8.88. The van der Waals surface area contributed by atoms with Crippen LogP contribution in [0.1, 0.15) is 26.3 Å². The number of carbonyl (C=O) groups excluding carboxylic acids is 2. The molecule has 0 bridgehead atoms. The molecule has 0 aliphatic rings. The molecule has 0 heterocycles. The van der Waals surface area contributed by atoms with Crippen LogP contribution < -0.4 is 20.5 Å². The van der Waals surface area contributed by atoms with E-state index in [2.05, 4.69) is 10.0 Å². The average Bonchev–Trinajstić information content (AvgIpc) is 2.75. The highest BCUT2D eigenvalue weighted by Gasteiger charge is 2.18. The van der Waals surface area contributed by atoms with Gasteiger partial charge in [-0.05, 0) is 55.5 Å². The van der Waals surface area contributed by atoms with Gasteiger partial charge in [0.05, 0.1) is 17.7 Å². The molecule has 3 rings (SSSR count). The Morgan fingerprint density at radius 3 is 2.29 bits per heavy atom. The van der Waals surface area contributed by atoms with Crippen LogP contribution in [0.4, 0.5) is 11.4 Å². The highest BCUT2D eigenvalue weighted by atomic mass is 32.2. The number of hydrogen-bond acceptors (Lipinski definition) is 5. The molecule has 0 unspecified atom stereocenters. The molecule has 4 N–H and O–H groups in total. The molecule has 3 aromatic carbocycles. The predicted molar refractivity (Wildman–Crippen MR) is 118 cm³/mol. The number of carbonyl (C=O) groups is 2. The summed E-state index contributed by atoms with van der Waals surface area (Å²) >= 11 is 0. The summed E-state index contributed by atoms with van der Waals surface area (Å²) in [4.78, 5) is 24.1. The van der Waals surface area contributed by atoms with Gasteiger partial charge in [0.15, 0.2) is 0 Å². The van der Waals surface area contributed by atoms with Crippen molar-refractivity contribution >= 4 is 33.2 Å². The Balaban J connectivity index is 1.86. The lowest BCUT2D eigenvalue weighted by Gasteiger charge is -2.12. The van der Waals surface area contributed by atoms with Crippen molar-refractivity contribution in [2.75, 3.05) is 17.1 Å². The summed E-state index contributed by atoms with van der Waals surface area (Å²) in [5, 5.41) is 2.62. The third-order valence-corrected chi connectivity index (χ3v) is 5.82. The van der Waals surface area contributed by atoms with Crippen molar-refractivity contribution in [3.63, 3.8) is 0 Å². The lowest BCUT2D eigenvalue weighted by molar-refractivity contribution is 0.0996. The molecule has 0 spiro atoms. The zero-order chi connectivity index (χ0) is 22.6. The van der Waals surface area contributed by atoms with Crippen molar-refractivity contribution in [3.8, 4) is 5.75 Å². The predicted octanol–water partition coefficient (Wildman–Crippen LogP) is 3.16. The van der Waals surface area contributed by atoms with E-state index in [9.17, 15) is 18.0 Å². The maximum atomic E-state index is 12.7. The van der Waals surface area contributed by atoms with Gasteiger partial charge in [0.25, 0.3) is 15.9 Å². The molecule has 160 valence electrons. The van der Waals surface area contributed by atoms with E-state index >= 15 is 0 Å². The second-order valence-corrected chi connectivity index (χ2v) is 8.42. The minimum absolute atomic E-state index is 0.0708. The first kappa shape index (κ1) is 21.8. The Morgan fingerprint density at radius 1 is 0.935 bits per heavy atom. The highest BCUT2D eigenvalue weighted by molar-refractivity contribution is 7.92. The van der Waals surface area contributed by atoms with Crippen LogP contribution in [0.2, 0.25) is 0 Å². The molecular formula is C22H21N3O5S. The van der Waals surface area contributed by atoms with Gasteiger partial charge < -0.3 is 15.8 Å². The Labute approximate surface area is 180 Å². The number of aryl methyl sites for hydroxylation is 1. The number of sulfonamides is 1. The maximum absolute atomic E-state index is 12.7. The minimum Gasteiger partial charge on any atom is -0.495 e. The minimum atomic E-state index is -3.90. The van der Waals surface area contributed by atoms with E-state index < -0.39 is 21.8 Å². The molecule has 3 aromatic rings. The van der Waals surface area contributed by atoms with Gasteiger partial charge in [-0.2, -0.15) is 0 Å². The summed E-state index contributed by atoms with van der Waals surface area (Å²) in [6.07, 6.45) is 0. The quantitative estimate of drug-likeness (QED) is 0.521. The molecule has 0 fully saturated rings. The maximum Gasteiger partial charge on any atom is 0.261 e. The van der Waals surface area contributed by atoms with Crippen LogP contribution >= 0.6 is 0 Å². The zero-order valence-electron chi connectivity index (χ0n) is 16.9. The fourth-order valence-corrected chi connectivity index (χ4v) is 3.90. The van der Waals surface area contributed by atoms with Gasteiger partial charge in [-0.15, -0.1) is 0 Å². The Bertz CT molecular complexity index is 1240. The van der Waals surface area contributed by atoms with Crippen molar-refractivity contribution in [1.29, 1.82) is 0 Å². The lowest BCUT2D eigenvalue weighted by Crippen LogP contribution is -2.17. The summed E-state index contributed by atoms with van der Waals surface area (Å²) in [5.41, 5.74) is 7.23. The van der Waals surface area contributed by atoms with E-state index in [1.54, 1.807) is 24.3 Å². The second-order valence-electron chi connectivity index (χ2n) is 6.73. The molecule has 31 heavy (non-hydrogen) atoms. The van der Waals surface area contributed by atoms with Gasteiger partial charge >= 0.3 is 0 Å². The fraction of sp³-hybridized carbons (Fsp3) is 0.0909. The number of rotatable bonds is 7. The summed E-state index contributed by atoms with van der Waals surface area (Å²) < 4.78 is 33.1. The first-order chi connectivity index (χ1) is 14.7.